The van der Waals surface area contributed by atoms with Crippen LogP contribution in [0.2, 0.25) is 0 Å². The summed E-state index contributed by atoms with van der Waals surface area (Å²) in [7, 11) is 1.99. The molecule has 0 atom stereocenters. The number of likely N-dealkylation sites (N-methyl/N-ethyl adjacent to an activating group) is 1. The van der Waals surface area contributed by atoms with E-state index in [4.69, 9.17) is 4.42 Å². The topological polar surface area (TPSA) is 50.1 Å². The van der Waals surface area contributed by atoms with Gasteiger partial charge in [-0.2, -0.15) is 0 Å². The van der Waals surface area contributed by atoms with Crippen molar-refractivity contribution >= 4 is 11.1 Å². The van der Waals surface area contributed by atoms with Gasteiger partial charge in [-0.1, -0.05) is 6.07 Å². The summed E-state index contributed by atoms with van der Waals surface area (Å²) in [6.45, 7) is 6.28. The second-order valence-electron chi connectivity index (χ2n) is 5.22. The van der Waals surface area contributed by atoms with Gasteiger partial charge in [-0.15, -0.1) is 0 Å². The average Bonchev–Trinajstić information content (AvgIpc) is 2.82. The van der Waals surface area contributed by atoms with Gasteiger partial charge < -0.3 is 15.1 Å². The highest BCUT2D eigenvalue weighted by molar-refractivity contribution is 5.72. The molecule has 0 radical (unpaired) electrons. The summed E-state index contributed by atoms with van der Waals surface area (Å²) in [5.41, 5.74) is 3.19. The molecule has 2 rings (SSSR count). The fourth-order valence-corrected chi connectivity index (χ4v) is 1.78. The molecule has 0 saturated carbocycles. The molecule has 2 aromatic rings. The van der Waals surface area contributed by atoms with E-state index < -0.39 is 0 Å². The molecule has 0 aliphatic heterocycles. The maximum absolute atomic E-state index is 5.29. The number of aromatic nitrogens is 1. The smallest absolute Gasteiger partial charge is 0.181 e. The van der Waals surface area contributed by atoms with Crippen molar-refractivity contribution in [2.24, 2.45) is 0 Å². The first-order valence-corrected chi connectivity index (χ1v) is 6.32. The minimum atomic E-state index is 0.134. The average molecular weight is 247 g/mol. The van der Waals surface area contributed by atoms with Crippen LogP contribution in [0.5, 0.6) is 0 Å². The van der Waals surface area contributed by atoms with Gasteiger partial charge in [0.15, 0.2) is 12.0 Å². The van der Waals surface area contributed by atoms with Crippen molar-refractivity contribution in [1.82, 2.24) is 15.6 Å². The lowest BCUT2D eigenvalue weighted by molar-refractivity contribution is 0.395. The number of oxazole rings is 1. The van der Waals surface area contributed by atoms with Crippen LogP contribution in [0.3, 0.4) is 0 Å². The molecule has 18 heavy (non-hydrogen) atoms. The van der Waals surface area contributed by atoms with Crippen molar-refractivity contribution in [1.29, 1.82) is 0 Å². The van der Waals surface area contributed by atoms with Crippen molar-refractivity contribution in [2.75, 3.05) is 20.1 Å². The van der Waals surface area contributed by atoms with E-state index in [1.165, 1.54) is 12.0 Å². The van der Waals surface area contributed by atoms with Gasteiger partial charge in [0.05, 0.1) is 0 Å². The maximum Gasteiger partial charge on any atom is 0.181 e. The number of hydrogen-bond donors (Lipinski definition) is 2. The van der Waals surface area contributed by atoms with E-state index in [1.54, 1.807) is 0 Å². The maximum atomic E-state index is 5.29. The Kier molecular flexibility index (Phi) is 3.99. The van der Waals surface area contributed by atoms with Crippen molar-refractivity contribution in [3.63, 3.8) is 0 Å². The largest absolute Gasteiger partial charge is 0.443 e. The second-order valence-corrected chi connectivity index (χ2v) is 5.22. The van der Waals surface area contributed by atoms with E-state index in [2.05, 4.69) is 41.6 Å². The molecule has 1 aromatic heterocycles. The first-order chi connectivity index (χ1) is 8.61. The van der Waals surface area contributed by atoms with Crippen LogP contribution < -0.4 is 10.6 Å². The molecule has 0 amide bonds. The van der Waals surface area contributed by atoms with Crippen LogP contribution >= 0.6 is 0 Å². The summed E-state index contributed by atoms with van der Waals surface area (Å²) in [5.74, 6) is 0. The highest BCUT2D eigenvalue weighted by Crippen LogP contribution is 2.14. The summed E-state index contributed by atoms with van der Waals surface area (Å²) >= 11 is 0. The molecule has 0 saturated heterocycles. The number of rotatable bonds is 6. The normalized spacial score (nSPS) is 12.2. The standard InChI is InChI=1S/C14H21N3O/c1-14(2,15-3)9-16-7-6-11-4-5-12-13(8-11)18-10-17-12/h4-5,8,10,15-16H,6-7,9H2,1-3H3. The zero-order valence-electron chi connectivity index (χ0n) is 11.3. The summed E-state index contributed by atoms with van der Waals surface area (Å²) in [6.07, 6.45) is 2.48. The minimum absolute atomic E-state index is 0.134. The van der Waals surface area contributed by atoms with Gasteiger partial charge in [-0.05, 0) is 51.6 Å². The van der Waals surface area contributed by atoms with Crippen molar-refractivity contribution in [2.45, 2.75) is 25.8 Å². The van der Waals surface area contributed by atoms with Gasteiger partial charge >= 0.3 is 0 Å². The van der Waals surface area contributed by atoms with Crippen LogP contribution in [0, 0.1) is 0 Å². The number of nitrogens with zero attached hydrogens (tertiary/aromatic N) is 1. The van der Waals surface area contributed by atoms with Crippen LogP contribution in [0.15, 0.2) is 29.0 Å². The summed E-state index contributed by atoms with van der Waals surface area (Å²) in [4.78, 5) is 4.11. The number of hydrogen-bond acceptors (Lipinski definition) is 4. The first kappa shape index (κ1) is 13.1. The van der Waals surface area contributed by atoms with Crippen LogP contribution in [0.1, 0.15) is 19.4 Å². The van der Waals surface area contributed by atoms with E-state index in [-0.39, 0.29) is 5.54 Å². The van der Waals surface area contributed by atoms with Crippen LogP contribution in [-0.2, 0) is 6.42 Å². The van der Waals surface area contributed by atoms with E-state index >= 15 is 0 Å². The highest BCUT2D eigenvalue weighted by atomic mass is 16.3. The van der Waals surface area contributed by atoms with Gasteiger partial charge in [-0.25, -0.2) is 4.98 Å². The van der Waals surface area contributed by atoms with Crippen molar-refractivity contribution in [3.8, 4) is 0 Å². The lowest BCUT2D eigenvalue weighted by Gasteiger charge is -2.24. The van der Waals surface area contributed by atoms with Gasteiger partial charge in [0.25, 0.3) is 0 Å². The summed E-state index contributed by atoms with van der Waals surface area (Å²) < 4.78 is 5.29. The lowest BCUT2D eigenvalue weighted by atomic mass is 10.1. The van der Waals surface area contributed by atoms with Gasteiger partial charge in [0, 0.05) is 12.1 Å². The van der Waals surface area contributed by atoms with Gasteiger partial charge in [0.1, 0.15) is 5.52 Å². The Bertz CT molecular complexity index is 504. The second kappa shape index (κ2) is 5.50. The molecule has 0 bridgehead atoms. The molecule has 0 aliphatic carbocycles. The molecule has 4 nitrogen and oxygen atoms in total. The van der Waals surface area contributed by atoms with Crippen LogP contribution in [0.4, 0.5) is 0 Å². The monoisotopic (exact) mass is 247 g/mol. The van der Waals surface area contributed by atoms with Crippen LogP contribution in [-0.4, -0.2) is 30.7 Å². The highest BCUT2D eigenvalue weighted by Gasteiger charge is 2.12. The molecule has 0 aliphatic rings. The summed E-state index contributed by atoms with van der Waals surface area (Å²) in [5, 5.41) is 6.73. The fraction of sp³-hybridized carbons (Fsp3) is 0.500. The first-order valence-electron chi connectivity index (χ1n) is 6.32. The Morgan fingerprint density at radius 3 is 2.94 bits per heavy atom. The quantitative estimate of drug-likeness (QED) is 0.766. The van der Waals surface area contributed by atoms with E-state index in [0.29, 0.717) is 0 Å². The molecule has 0 spiro atoms. The van der Waals surface area contributed by atoms with Crippen molar-refractivity contribution < 1.29 is 4.42 Å². The van der Waals surface area contributed by atoms with E-state index in [0.717, 1.165) is 30.6 Å². The SMILES string of the molecule is CNC(C)(C)CNCCc1ccc2ncoc2c1. The molecular formula is C14H21N3O. The number of fused-ring (bicyclic) bond motifs is 1. The minimum Gasteiger partial charge on any atom is -0.443 e. The Hall–Kier alpha value is -1.39. The van der Waals surface area contributed by atoms with E-state index in [1.807, 2.05) is 13.1 Å². The molecular weight excluding hydrogens is 226 g/mol. The predicted molar refractivity (Wildman–Crippen MR) is 73.7 cm³/mol. The predicted octanol–water partition coefficient (Wildman–Crippen LogP) is 1.96. The number of benzene rings is 1. The Balaban J connectivity index is 1.83. The fourth-order valence-electron chi connectivity index (χ4n) is 1.78. The lowest BCUT2D eigenvalue weighted by Crippen LogP contribution is -2.46. The zero-order valence-corrected chi connectivity index (χ0v) is 11.3. The molecule has 0 fully saturated rings. The number of nitrogens with one attached hydrogen (secondary N) is 2. The molecule has 1 heterocycles. The van der Waals surface area contributed by atoms with Crippen molar-refractivity contribution in [3.05, 3.63) is 30.2 Å². The third-order valence-corrected chi connectivity index (χ3v) is 3.23. The molecule has 1 aromatic carbocycles. The van der Waals surface area contributed by atoms with Gasteiger partial charge in [-0.3, -0.25) is 0 Å². The zero-order chi connectivity index (χ0) is 13.0. The molecule has 0 unspecified atom stereocenters. The molecule has 2 N–H and O–H groups in total. The van der Waals surface area contributed by atoms with Crippen LogP contribution in [0.25, 0.3) is 11.1 Å². The molecule has 4 heteroatoms. The van der Waals surface area contributed by atoms with E-state index in [9.17, 15) is 0 Å². The molecule has 98 valence electrons. The Labute approximate surface area is 108 Å². The summed E-state index contributed by atoms with van der Waals surface area (Å²) in [6, 6.07) is 6.18. The third kappa shape index (κ3) is 3.31. The Morgan fingerprint density at radius 2 is 2.17 bits per heavy atom. The third-order valence-electron chi connectivity index (χ3n) is 3.23. The Morgan fingerprint density at radius 1 is 1.33 bits per heavy atom. The van der Waals surface area contributed by atoms with Gasteiger partial charge in [0.2, 0.25) is 0 Å².